The second-order valence-corrected chi connectivity index (χ2v) is 10.5. The zero-order valence-electron chi connectivity index (χ0n) is 20.4. The van der Waals surface area contributed by atoms with Gasteiger partial charge in [-0.2, -0.15) is 0 Å². The summed E-state index contributed by atoms with van der Waals surface area (Å²) in [6, 6.07) is 16.7. The van der Waals surface area contributed by atoms with Gasteiger partial charge < -0.3 is 14.4 Å². The molecule has 1 saturated carbocycles. The van der Waals surface area contributed by atoms with Crippen molar-refractivity contribution >= 4 is 12.0 Å². The minimum Gasteiger partial charge on any atom is -0.454 e. The summed E-state index contributed by atoms with van der Waals surface area (Å²) in [5.74, 6) is 2.36. The summed E-state index contributed by atoms with van der Waals surface area (Å²) >= 11 is 0. The molecule has 35 heavy (non-hydrogen) atoms. The van der Waals surface area contributed by atoms with Crippen LogP contribution in [-0.4, -0.2) is 73.2 Å². The van der Waals surface area contributed by atoms with Gasteiger partial charge in [0.05, 0.1) is 0 Å². The fourth-order valence-corrected chi connectivity index (χ4v) is 5.98. The molecule has 0 bridgehead atoms. The van der Waals surface area contributed by atoms with E-state index in [4.69, 9.17) is 9.47 Å². The van der Waals surface area contributed by atoms with Crippen molar-refractivity contribution in [2.75, 3.05) is 52.6 Å². The number of piperidine rings is 1. The van der Waals surface area contributed by atoms with Gasteiger partial charge in [0.2, 0.25) is 12.7 Å². The Hall–Kier alpha value is -2.83. The number of amides is 1. The average Bonchev–Trinajstić information content (AvgIpc) is 3.38. The monoisotopic (exact) mass is 473 g/mol. The van der Waals surface area contributed by atoms with Crippen LogP contribution in [0.25, 0.3) is 6.08 Å². The highest BCUT2D eigenvalue weighted by Gasteiger charge is 2.59. The Labute approximate surface area is 208 Å². The first-order valence-corrected chi connectivity index (χ1v) is 13.0. The Balaban J connectivity index is 0.940. The molecule has 6 rings (SSSR count). The van der Waals surface area contributed by atoms with Gasteiger partial charge in [-0.1, -0.05) is 48.6 Å². The maximum absolute atomic E-state index is 13.3. The number of rotatable bonds is 6. The lowest BCUT2D eigenvalue weighted by Gasteiger charge is -2.36. The van der Waals surface area contributed by atoms with Crippen molar-refractivity contribution in [3.8, 4) is 11.5 Å². The van der Waals surface area contributed by atoms with Crippen LogP contribution in [0.2, 0.25) is 0 Å². The fourth-order valence-electron chi connectivity index (χ4n) is 5.98. The molecule has 0 N–H and O–H groups in total. The zero-order chi connectivity index (χ0) is 23.7. The molecule has 0 aromatic heterocycles. The van der Waals surface area contributed by atoms with Crippen molar-refractivity contribution in [1.82, 2.24) is 14.7 Å². The van der Waals surface area contributed by atoms with Crippen molar-refractivity contribution in [2.24, 2.45) is 11.3 Å². The van der Waals surface area contributed by atoms with E-state index in [1.54, 1.807) is 0 Å². The Kier molecular flexibility index (Phi) is 6.25. The largest absolute Gasteiger partial charge is 0.454 e. The number of nitrogens with zero attached hydrogens (tertiary/aromatic N) is 3. The number of benzene rings is 2. The van der Waals surface area contributed by atoms with Crippen LogP contribution in [0.4, 0.5) is 0 Å². The Morgan fingerprint density at radius 1 is 0.914 bits per heavy atom. The standard InChI is InChI=1S/C29H35N3O3/c33-28(32-17-15-30(16-18-32)12-4-7-23-5-2-1-3-6-23)25-20-29(25)10-13-31(14-11-29)21-24-8-9-26-27(19-24)35-22-34-26/h1-9,19,25H,10-18,20-22H2/b7-4+. The van der Waals surface area contributed by atoms with E-state index in [1.165, 1.54) is 11.1 Å². The lowest BCUT2D eigenvalue weighted by atomic mass is 9.90. The van der Waals surface area contributed by atoms with Crippen LogP contribution < -0.4 is 9.47 Å². The zero-order valence-corrected chi connectivity index (χ0v) is 20.4. The number of likely N-dealkylation sites (tertiary alicyclic amines) is 1. The first-order valence-electron chi connectivity index (χ1n) is 13.0. The summed E-state index contributed by atoms with van der Waals surface area (Å²) in [6.45, 7) is 8.00. The molecule has 6 nitrogen and oxygen atoms in total. The minimum atomic E-state index is 0.250. The molecular formula is C29H35N3O3. The lowest BCUT2D eigenvalue weighted by Crippen LogP contribution is -2.49. The molecular weight excluding hydrogens is 438 g/mol. The van der Waals surface area contributed by atoms with Crippen molar-refractivity contribution in [1.29, 1.82) is 0 Å². The highest BCUT2D eigenvalue weighted by atomic mass is 16.7. The molecule has 1 spiro atoms. The third-order valence-corrected chi connectivity index (χ3v) is 8.34. The molecule has 1 unspecified atom stereocenters. The van der Waals surface area contributed by atoms with Crippen LogP contribution in [0.15, 0.2) is 54.6 Å². The van der Waals surface area contributed by atoms with Crippen LogP contribution >= 0.6 is 0 Å². The molecule has 1 atom stereocenters. The van der Waals surface area contributed by atoms with Gasteiger partial charge in [0.25, 0.3) is 0 Å². The van der Waals surface area contributed by atoms with Crippen LogP contribution in [0.1, 0.15) is 30.4 Å². The highest BCUT2D eigenvalue weighted by Crippen LogP contribution is 2.60. The molecule has 6 heteroatoms. The van der Waals surface area contributed by atoms with Gasteiger partial charge in [-0.05, 0) is 61.0 Å². The summed E-state index contributed by atoms with van der Waals surface area (Å²) in [6.07, 6.45) is 7.78. The fraction of sp³-hybridized carbons (Fsp3) is 0.483. The van der Waals surface area contributed by atoms with E-state index in [0.717, 1.165) is 83.1 Å². The number of carbonyl (C=O) groups is 1. The molecule has 0 radical (unpaired) electrons. The molecule has 2 aromatic rings. The number of ether oxygens (including phenoxy) is 2. The minimum absolute atomic E-state index is 0.250. The number of piperazine rings is 1. The van der Waals surface area contributed by atoms with E-state index in [1.807, 2.05) is 12.1 Å². The van der Waals surface area contributed by atoms with Crippen LogP contribution in [0, 0.1) is 11.3 Å². The van der Waals surface area contributed by atoms with Gasteiger partial charge >= 0.3 is 0 Å². The Bertz CT molecular complexity index is 1070. The van der Waals surface area contributed by atoms with Gasteiger partial charge in [0, 0.05) is 45.2 Å². The van der Waals surface area contributed by atoms with Crippen molar-refractivity contribution in [3.63, 3.8) is 0 Å². The molecule has 3 fully saturated rings. The van der Waals surface area contributed by atoms with Crippen LogP contribution in [0.3, 0.4) is 0 Å². The second-order valence-electron chi connectivity index (χ2n) is 10.5. The van der Waals surface area contributed by atoms with Crippen molar-refractivity contribution in [3.05, 3.63) is 65.7 Å². The predicted molar refractivity (Wildman–Crippen MR) is 136 cm³/mol. The normalized spacial score (nSPS) is 23.8. The predicted octanol–water partition coefficient (Wildman–Crippen LogP) is 3.88. The first kappa shape index (κ1) is 22.6. The van der Waals surface area contributed by atoms with E-state index < -0.39 is 0 Å². The summed E-state index contributed by atoms with van der Waals surface area (Å²) in [7, 11) is 0. The topological polar surface area (TPSA) is 45.3 Å². The molecule has 2 aromatic carbocycles. The maximum atomic E-state index is 13.3. The highest BCUT2D eigenvalue weighted by molar-refractivity contribution is 5.83. The molecule has 1 amide bonds. The van der Waals surface area contributed by atoms with Crippen molar-refractivity contribution in [2.45, 2.75) is 25.8 Å². The third kappa shape index (κ3) is 4.95. The van der Waals surface area contributed by atoms with Gasteiger partial charge in [-0.25, -0.2) is 0 Å². The smallest absolute Gasteiger partial charge is 0.231 e. The van der Waals surface area contributed by atoms with E-state index in [2.05, 4.69) is 63.2 Å². The number of hydrogen-bond donors (Lipinski definition) is 0. The molecule has 3 heterocycles. The van der Waals surface area contributed by atoms with Crippen LogP contribution in [0.5, 0.6) is 11.5 Å². The maximum Gasteiger partial charge on any atom is 0.231 e. The van der Waals surface area contributed by atoms with Gasteiger partial charge in [0.15, 0.2) is 11.5 Å². The average molecular weight is 474 g/mol. The molecule has 2 saturated heterocycles. The van der Waals surface area contributed by atoms with Gasteiger partial charge in [-0.15, -0.1) is 0 Å². The molecule has 1 aliphatic carbocycles. The summed E-state index contributed by atoms with van der Waals surface area (Å²) in [4.78, 5) is 20.4. The number of fused-ring (bicyclic) bond motifs is 1. The van der Waals surface area contributed by atoms with Crippen molar-refractivity contribution < 1.29 is 14.3 Å². The Morgan fingerprint density at radius 2 is 1.69 bits per heavy atom. The van der Waals surface area contributed by atoms with E-state index in [9.17, 15) is 4.79 Å². The molecule has 3 aliphatic heterocycles. The SMILES string of the molecule is O=C(C1CC12CCN(Cc1ccc3c(c1)OCO3)CC2)N1CCN(C/C=C/c2ccccc2)CC1. The van der Waals surface area contributed by atoms with E-state index >= 15 is 0 Å². The van der Waals surface area contributed by atoms with Crippen LogP contribution in [-0.2, 0) is 11.3 Å². The molecule has 184 valence electrons. The second kappa shape index (κ2) is 9.67. The summed E-state index contributed by atoms with van der Waals surface area (Å²) < 4.78 is 10.9. The van der Waals surface area contributed by atoms with Gasteiger partial charge in [0.1, 0.15) is 0 Å². The van der Waals surface area contributed by atoms with Gasteiger partial charge in [-0.3, -0.25) is 14.6 Å². The first-order chi connectivity index (χ1) is 17.2. The lowest BCUT2D eigenvalue weighted by molar-refractivity contribution is -0.135. The Morgan fingerprint density at radius 3 is 2.49 bits per heavy atom. The third-order valence-electron chi connectivity index (χ3n) is 8.34. The number of hydrogen-bond acceptors (Lipinski definition) is 5. The summed E-state index contributed by atoms with van der Waals surface area (Å²) in [5, 5.41) is 0. The summed E-state index contributed by atoms with van der Waals surface area (Å²) in [5.41, 5.74) is 2.77. The quantitative estimate of drug-likeness (QED) is 0.637. The van der Waals surface area contributed by atoms with E-state index in [0.29, 0.717) is 12.7 Å². The number of carbonyl (C=O) groups excluding carboxylic acids is 1. The van der Waals surface area contributed by atoms with E-state index in [-0.39, 0.29) is 11.3 Å². The molecule has 4 aliphatic rings.